The Kier molecular flexibility index (Phi) is 5.96. The van der Waals surface area contributed by atoms with Gasteiger partial charge >= 0.3 is 5.97 Å². The van der Waals surface area contributed by atoms with Crippen molar-refractivity contribution >= 4 is 17.0 Å². The molecule has 0 saturated heterocycles. The van der Waals surface area contributed by atoms with Crippen LogP contribution in [0.4, 0.5) is 0 Å². The van der Waals surface area contributed by atoms with Gasteiger partial charge in [-0.3, -0.25) is 0 Å². The first-order valence-corrected chi connectivity index (χ1v) is 8.27. The first-order chi connectivity index (χ1) is 11.4. The van der Waals surface area contributed by atoms with Crippen LogP contribution in [0.15, 0.2) is 41.5 Å². The van der Waals surface area contributed by atoms with Crippen LogP contribution in [0.1, 0.15) is 49.8 Å². The first kappa shape index (κ1) is 18.0. The van der Waals surface area contributed by atoms with E-state index >= 15 is 0 Å². The quantitative estimate of drug-likeness (QED) is 0.564. The Morgan fingerprint density at radius 3 is 2.67 bits per heavy atom. The molecule has 1 aromatic carbocycles. The Hall–Kier alpha value is -2.36. The van der Waals surface area contributed by atoms with Gasteiger partial charge < -0.3 is 9.30 Å². The van der Waals surface area contributed by atoms with Gasteiger partial charge in [-0.2, -0.15) is 0 Å². The molecule has 2 rings (SSSR count). The molecule has 0 unspecified atom stereocenters. The van der Waals surface area contributed by atoms with Crippen LogP contribution in [-0.2, 0) is 11.3 Å². The van der Waals surface area contributed by atoms with Crippen molar-refractivity contribution in [2.45, 2.75) is 47.1 Å². The lowest BCUT2D eigenvalue weighted by molar-refractivity contribution is 0.0602. The maximum Gasteiger partial charge on any atom is 0.340 e. The molecule has 4 heteroatoms. The van der Waals surface area contributed by atoms with E-state index in [2.05, 4.69) is 42.5 Å². The molecule has 0 fully saturated rings. The number of benzene rings is 1. The zero-order chi connectivity index (χ0) is 17.7. The van der Waals surface area contributed by atoms with Crippen molar-refractivity contribution in [1.82, 2.24) is 9.55 Å². The number of hydrogen-bond acceptors (Lipinski definition) is 3. The number of esters is 1. The van der Waals surface area contributed by atoms with Gasteiger partial charge in [0.15, 0.2) is 0 Å². The second-order valence-electron chi connectivity index (χ2n) is 6.31. The van der Waals surface area contributed by atoms with Gasteiger partial charge in [-0.05, 0) is 52.7 Å². The number of ether oxygens (including phenoxy) is 1. The summed E-state index contributed by atoms with van der Waals surface area (Å²) in [4.78, 5) is 16.6. The minimum Gasteiger partial charge on any atom is -0.465 e. The summed E-state index contributed by atoms with van der Waals surface area (Å²) in [5.74, 6) is 0.570. The molecule has 4 nitrogen and oxygen atoms in total. The second-order valence-corrected chi connectivity index (χ2v) is 6.31. The Labute approximate surface area is 143 Å². The third-order valence-corrected chi connectivity index (χ3v) is 4.08. The highest BCUT2D eigenvalue weighted by Gasteiger charge is 2.16. The van der Waals surface area contributed by atoms with Crippen molar-refractivity contribution in [1.29, 1.82) is 0 Å². The number of methoxy groups -OCH3 is 1. The molecule has 1 aromatic heterocycles. The van der Waals surface area contributed by atoms with Gasteiger partial charge in [0.05, 0.1) is 23.7 Å². The Morgan fingerprint density at radius 1 is 1.25 bits per heavy atom. The number of rotatable bonds is 6. The highest BCUT2D eigenvalue weighted by Crippen LogP contribution is 2.22. The van der Waals surface area contributed by atoms with Gasteiger partial charge in [0.1, 0.15) is 5.82 Å². The van der Waals surface area contributed by atoms with E-state index in [1.165, 1.54) is 18.3 Å². The lowest BCUT2D eigenvalue weighted by Crippen LogP contribution is -2.06. The van der Waals surface area contributed by atoms with Crippen LogP contribution < -0.4 is 0 Å². The Bertz CT molecular complexity index is 793. The number of carbonyl (C=O) groups is 1. The fourth-order valence-corrected chi connectivity index (χ4v) is 2.74. The molecule has 128 valence electrons. The number of allylic oxidation sites excluding steroid dienone is 4. The summed E-state index contributed by atoms with van der Waals surface area (Å²) in [6.45, 7) is 9.06. The summed E-state index contributed by atoms with van der Waals surface area (Å²) in [7, 11) is 1.40. The van der Waals surface area contributed by atoms with Gasteiger partial charge in [0, 0.05) is 6.54 Å². The van der Waals surface area contributed by atoms with Crippen molar-refractivity contribution < 1.29 is 9.53 Å². The molecule has 24 heavy (non-hydrogen) atoms. The summed E-state index contributed by atoms with van der Waals surface area (Å²) in [6, 6.07) is 5.56. The molecule has 0 spiro atoms. The molecule has 0 N–H and O–H groups in total. The summed E-state index contributed by atoms with van der Waals surface area (Å²) >= 11 is 0. The van der Waals surface area contributed by atoms with Crippen LogP contribution in [0.5, 0.6) is 0 Å². The van der Waals surface area contributed by atoms with Gasteiger partial charge in [-0.1, -0.05) is 29.4 Å². The predicted octanol–water partition coefficient (Wildman–Crippen LogP) is 4.82. The van der Waals surface area contributed by atoms with E-state index in [-0.39, 0.29) is 5.97 Å². The van der Waals surface area contributed by atoms with Crippen LogP contribution in [0.3, 0.4) is 0 Å². The number of nitrogens with zero attached hydrogens (tertiary/aromatic N) is 2. The van der Waals surface area contributed by atoms with E-state index in [1.54, 1.807) is 6.07 Å². The van der Waals surface area contributed by atoms with Crippen molar-refractivity contribution in [3.05, 3.63) is 52.9 Å². The van der Waals surface area contributed by atoms with Crippen molar-refractivity contribution in [3.63, 3.8) is 0 Å². The van der Waals surface area contributed by atoms with E-state index in [0.29, 0.717) is 12.1 Å². The van der Waals surface area contributed by atoms with Crippen LogP contribution >= 0.6 is 0 Å². The molecule has 1 heterocycles. The summed E-state index contributed by atoms with van der Waals surface area (Å²) in [6.07, 6.45) is 6.56. The number of para-hydroxylation sites is 1. The van der Waals surface area contributed by atoms with Gasteiger partial charge in [0.25, 0.3) is 0 Å². The first-order valence-electron chi connectivity index (χ1n) is 8.27. The van der Waals surface area contributed by atoms with E-state index in [0.717, 1.165) is 29.7 Å². The molecule has 0 aliphatic carbocycles. The number of fused-ring (bicyclic) bond motifs is 1. The molecule has 0 amide bonds. The normalized spacial score (nSPS) is 11.6. The van der Waals surface area contributed by atoms with E-state index in [9.17, 15) is 4.79 Å². The van der Waals surface area contributed by atoms with Gasteiger partial charge in [0.2, 0.25) is 0 Å². The van der Waals surface area contributed by atoms with Gasteiger partial charge in [-0.15, -0.1) is 0 Å². The van der Waals surface area contributed by atoms with Crippen molar-refractivity contribution in [2.24, 2.45) is 0 Å². The molecular formula is C20H26N2O2. The SMILES string of the molecule is COC(=O)c1cccc2nc(C)n(C/C=C(\C)CCC=C(C)C)c12. The lowest BCUT2D eigenvalue weighted by Gasteiger charge is -2.08. The number of carbonyl (C=O) groups excluding carboxylic acids is 1. The van der Waals surface area contributed by atoms with Crippen LogP contribution in [0.2, 0.25) is 0 Å². The number of aromatic nitrogens is 2. The highest BCUT2D eigenvalue weighted by molar-refractivity contribution is 6.02. The van der Waals surface area contributed by atoms with E-state index < -0.39 is 0 Å². The minimum atomic E-state index is -0.328. The molecule has 0 radical (unpaired) electrons. The standard InChI is InChI=1S/C20H26N2O2/c1-14(2)8-6-9-15(3)12-13-22-16(4)21-18-11-7-10-17(19(18)22)20(23)24-5/h7-8,10-12H,6,9,13H2,1-5H3/b15-12+. The number of hydrogen-bond donors (Lipinski definition) is 0. The average molecular weight is 326 g/mol. The summed E-state index contributed by atoms with van der Waals surface area (Å²) < 4.78 is 6.98. The van der Waals surface area contributed by atoms with Crippen molar-refractivity contribution in [3.8, 4) is 0 Å². The summed E-state index contributed by atoms with van der Waals surface area (Å²) in [5.41, 5.74) is 4.92. The summed E-state index contributed by atoms with van der Waals surface area (Å²) in [5, 5.41) is 0. The second kappa shape index (κ2) is 7.95. The zero-order valence-electron chi connectivity index (χ0n) is 15.2. The fraction of sp³-hybridized carbons (Fsp3) is 0.400. The molecule has 0 aliphatic heterocycles. The molecule has 0 atom stereocenters. The van der Waals surface area contributed by atoms with Crippen molar-refractivity contribution in [2.75, 3.05) is 7.11 Å². The molecule has 0 bridgehead atoms. The largest absolute Gasteiger partial charge is 0.465 e. The van der Waals surface area contributed by atoms with E-state index in [1.807, 2.05) is 19.1 Å². The topological polar surface area (TPSA) is 44.1 Å². The third-order valence-electron chi connectivity index (χ3n) is 4.08. The zero-order valence-corrected chi connectivity index (χ0v) is 15.2. The number of aryl methyl sites for hydroxylation is 1. The maximum absolute atomic E-state index is 12.0. The van der Waals surface area contributed by atoms with E-state index in [4.69, 9.17) is 4.74 Å². The average Bonchev–Trinajstić information content (AvgIpc) is 2.87. The molecule has 0 aliphatic rings. The predicted molar refractivity (Wildman–Crippen MR) is 98.2 cm³/mol. The van der Waals surface area contributed by atoms with Crippen LogP contribution in [-0.4, -0.2) is 22.6 Å². The third kappa shape index (κ3) is 4.13. The Balaban J connectivity index is 2.30. The smallest absolute Gasteiger partial charge is 0.340 e. The number of imidazole rings is 1. The molecular weight excluding hydrogens is 300 g/mol. The monoisotopic (exact) mass is 326 g/mol. The van der Waals surface area contributed by atoms with Gasteiger partial charge in [-0.25, -0.2) is 9.78 Å². The molecule has 0 saturated carbocycles. The Morgan fingerprint density at radius 2 is 2.00 bits per heavy atom. The van der Waals surface area contributed by atoms with Crippen LogP contribution in [0.25, 0.3) is 11.0 Å². The maximum atomic E-state index is 12.0. The fourth-order valence-electron chi connectivity index (χ4n) is 2.74. The highest BCUT2D eigenvalue weighted by atomic mass is 16.5. The molecule has 2 aromatic rings. The van der Waals surface area contributed by atoms with Crippen LogP contribution in [0, 0.1) is 6.92 Å². The lowest BCUT2D eigenvalue weighted by atomic mass is 10.1. The minimum absolute atomic E-state index is 0.328.